The van der Waals surface area contributed by atoms with Gasteiger partial charge in [0.15, 0.2) is 0 Å². The lowest BCUT2D eigenvalue weighted by molar-refractivity contribution is -0.142. The summed E-state index contributed by atoms with van der Waals surface area (Å²) in [5.74, 6) is -2.62. The predicted octanol–water partition coefficient (Wildman–Crippen LogP) is -1.14. The first-order valence-corrected chi connectivity index (χ1v) is 11.1. The van der Waals surface area contributed by atoms with Crippen LogP contribution in [0.5, 0.6) is 0 Å². The van der Waals surface area contributed by atoms with E-state index in [1.165, 1.54) is 18.7 Å². The lowest BCUT2D eigenvalue weighted by atomic mass is 10.0. The van der Waals surface area contributed by atoms with E-state index in [1.54, 1.807) is 30.3 Å². The molecule has 1 aromatic carbocycles. The second-order valence-corrected chi connectivity index (χ2v) is 7.96. The van der Waals surface area contributed by atoms with Crippen LogP contribution in [0.1, 0.15) is 18.9 Å². The Balaban J connectivity index is 2.83. The van der Waals surface area contributed by atoms with Crippen molar-refractivity contribution in [1.82, 2.24) is 16.0 Å². The molecular weight excluding hydrogens is 424 g/mol. The third kappa shape index (κ3) is 9.81. The number of nitrogens with two attached hydrogens (primary N) is 1. The highest BCUT2D eigenvalue weighted by atomic mass is 32.2. The number of nitrogens with one attached hydrogen (secondary N) is 3. The average molecular weight is 455 g/mol. The van der Waals surface area contributed by atoms with E-state index in [1.807, 2.05) is 6.26 Å². The molecule has 0 fully saturated rings. The van der Waals surface area contributed by atoms with Crippen molar-refractivity contribution in [2.45, 2.75) is 44.0 Å². The Bertz CT molecular complexity index is 746. The number of hydrogen-bond acceptors (Lipinski definition) is 7. The predicted molar refractivity (Wildman–Crippen MR) is 117 cm³/mol. The largest absolute Gasteiger partial charge is 0.480 e. The molecule has 7 N–H and O–H groups in total. The molecule has 4 atom stereocenters. The van der Waals surface area contributed by atoms with Gasteiger partial charge in [0.2, 0.25) is 17.7 Å². The van der Waals surface area contributed by atoms with E-state index >= 15 is 0 Å². The summed E-state index contributed by atoms with van der Waals surface area (Å²) in [4.78, 5) is 48.3. The summed E-state index contributed by atoms with van der Waals surface area (Å²) in [7, 11) is 0. The van der Waals surface area contributed by atoms with Crippen LogP contribution in [0.3, 0.4) is 0 Å². The lowest BCUT2D eigenvalue weighted by Crippen LogP contribution is -2.55. The molecule has 0 aliphatic carbocycles. The van der Waals surface area contributed by atoms with Gasteiger partial charge in [-0.15, -0.1) is 0 Å². The van der Waals surface area contributed by atoms with Gasteiger partial charge in [0.05, 0.1) is 12.6 Å². The maximum atomic E-state index is 12.8. The summed E-state index contributed by atoms with van der Waals surface area (Å²) in [6.45, 7) is 0.896. The Morgan fingerprint density at radius 1 is 1.06 bits per heavy atom. The fourth-order valence-corrected chi connectivity index (χ4v) is 3.05. The number of aliphatic hydroxyl groups excluding tert-OH is 1. The second-order valence-electron chi connectivity index (χ2n) is 6.97. The number of carbonyl (C=O) groups excluding carboxylic acids is 3. The molecule has 0 heterocycles. The number of carboxylic acids is 1. The minimum Gasteiger partial charge on any atom is -0.480 e. The summed E-state index contributed by atoms with van der Waals surface area (Å²) >= 11 is 1.46. The van der Waals surface area contributed by atoms with Gasteiger partial charge in [-0.3, -0.25) is 14.4 Å². The van der Waals surface area contributed by atoms with E-state index in [-0.39, 0.29) is 12.8 Å². The molecule has 0 aliphatic rings. The van der Waals surface area contributed by atoms with Crippen molar-refractivity contribution in [2.75, 3.05) is 18.6 Å². The van der Waals surface area contributed by atoms with Gasteiger partial charge in [-0.2, -0.15) is 11.8 Å². The number of hydrogen-bond donors (Lipinski definition) is 6. The van der Waals surface area contributed by atoms with Crippen LogP contribution in [0.25, 0.3) is 0 Å². The van der Waals surface area contributed by atoms with Crippen molar-refractivity contribution >= 4 is 35.5 Å². The number of aliphatic hydroxyl groups is 1. The number of thioether (sulfide) groups is 1. The molecule has 0 aliphatic heterocycles. The van der Waals surface area contributed by atoms with Crippen molar-refractivity contribution in [2.24, 2.45) is 5.73 Å². The summed E-state index contributed by atoms with van der Waals surface area (Å²) in [5, 5.41) is 26.0. The Morgan fingerprint density at radius 3 is 2.26 bits per heavy atom. The van der Waals surface area contributed by atoms with Crippen LogP contribution < -0.4 is 21.7 Å². The van der Waals surface area contributed by atoms with E-state index in [9.17, 15) is 29.4 Å². The van der Waals surface area contributed by atoms with Crippen molar-refractivity contribution in [1.29, 1.82) is 0 Å². The normalized spacial score (nSPS) is 14.6. The number of aliphatic carboxylic acids is 1. The average Bonchev–Trinajstić information content (AvgIpc) is 2.74. The first-order chi connectivity index (χ1) is 14.6. The molecule has 0 aromatic heterocycles. The molecule has 0 radical (unpaired) electrons. The third-order valence-corrected chi connectivity index (χ3v) is 5.05. The van der Waals surface area contributed by atoms with Crippen LogP contribution >= 0.6 is 11.8 Å². The van der Waals surface area contributed by atoms with Crippen LogP contribution in [0.4, 0.5) is 0 Å². The Labute approximate surface area is 185 Å². The second kappa shape index (κ2) is 13.6. The van der Waals surface area contributed by atoms with Crippen LogP contribution in [-0.4, -0.2) is 76.7 Å². The smallest absolute Gasteiger partial charge is 0.326 e. The number of rotatable bonds is 13. The zero-order valence-corrected chi connectivity index (χ0v) is 18.4. The molecule has 0 spiro atoms. The Kier molecular flexibility index (Phi) is 11.6. The zero-order chi connectivity index (χ0) is 23.4. The Morgan fingerprint density at radius 2 is 1.71 bits per heavy atom. The Hall–Kier alpha value is -2.63. The summed E-state index contributed by atoms with van der Waals surface area (Å²) in [5.41, 5.74) is 6.27. The van der Waals surface area contributed by atoms with Gasteiger partial charge in [-0.05, 0) is 30.9 Å². The minimum absolute atomic E-state index is 0.133. The highest BCUT2D eigenvalue weighted by molar-refractivity contribution is 7.98. The maximum Gasteiger partial charge on any atom is 0.326 e. The van der Waals surface area contributed by atoms with Crippen LogP contribution in [0, 0.1) is 0 Å². The van der Waals surface area contributed by atoms with Gasteiger partial charge in [0.25, 0.3) is 0 Å². The van der Waals surface area contributed by atoms with E-state index in [4.69, 9.17) is 5.73 Å². The fourth-order valence-electron chi connectivity index (χ4n) is 2.57. The van der Waals surface area contributed by atoms with Crippen LogP contribution in [0.2, 0.25) is 0 Å². The van der Waals surface area contributed by atoms with Gasteiger partial charge in [-0.1, -0.05) is 30.3 Å². The minimum atomic E-state index is -1.19. The first kappa shape index (κ1) is 26.4. The monoisotopic (exact) mass is 454 g/mol. The molecule has 10 nitrogen and oxygen atoms in total. The molecule has 11 heteroatoms. The first-order valence-electron chi connectivity index (χ1n) is 9.72. The van der Waals surface area contributed by atoms with Gasteiger partial charge >= 0.3 is 5.97 Å². The highest BCUT2D eigenvalue weighted by Gasteiger charge is 2.27. The molecule has 1 rings (SSSR count). The van der Waals surface area contributed by atoms with E-state index < -0.39 is 54.5 Å². The molecule has 172 valence electrons. The number of carbonyl (C=O) groups is 4. The van der Waals surface area contributed by atoms with Gasteiger partial charge in [0, 0.05) is 6.42 Å². The van der Waals surface area contributed by atoms with Crippen molar-refractivity contribution < 1.29 is 29.4 Å². The van der Waals surface area contributed by atoms with Crippen LogP contribution in [-0.2, 0) is 25.6 Å². The van der Waals surface area contributed by atoms with E-state index in [0.29, 0.717) is 5.75 Å². The van der Waals surface area contributed by atoms with Crippen molar-refractivity contribution in [3.05, 3.63) is 35.9 Å². The van der Waals surface area contributed by atoms with Crippen molar-refractivity contribution in [3.63, 3.8) is 0 Å². The molecule has 3 amide bonds. The molecule has 1 aromatic rings. The fraction of sp³-hybridized carbons (Fsp3) is 0.500. The van der Waals surface area contributed by atoms with Gasteiger partial charge in [-0.25, -0.2) is 4.79 Å². The lowest BCUT2D eigenvalue weighted by Gasteiger charge is -2.22. The number of amides is 3. The highest BCUT2D eigenvalue weighted by Crippen LogP contribution is 2.06. The molecule has 31 heavy (non-hydrogen) atoms. The number of carboxylic acid groups (broad SMARTS) is 1. The molecule has 0 saturated carbocycles. The number of benzene rings is 1. The maximum absolute atomic E-state index is 12.8. The quantitative estimate of drug-likeness (QED) is 0.217. The standard InChI is InChI=1S/C20H30N4O6S/c1-12(25)17(21)19(28)22-11-16(26)23-15(10-13-6-4-3-5-7-13)18(27)24-14(20(29)30)8-9-31-2/h3-7,12,14-15,17,25H,8-11,21H2,1-2H3,(H,22,28)(H,23,26)(H,24,27)(H,29,30). The SMILES string of the molecule is CSCCC(NC(=O)C(Cc1ccccc1)NC(=O)CNC(=O)C(N)C(C)O)C(=O)O. The van der Waals surface area contributed by atoms with Crippen LogP contribution in [0.15, 0.2) is 30.3 Å². The van der Waals surface area contributed by atoms with Crippen molar-refractivity contribution in [3.8, 4) is 0 Å². The summed E-state index contributed by atoms with van der Waals surface area (Å²) < 4.78 is 0. The van der Waals surface area contributed by atoms with Gasteiger partial charge in [0.1, 0.15) is 18.1 Å². The molecule has 0 bridgehead atoms. The van der Waals surface area contributed by atoms with E-state index in [2.05, 4.69) is 16.0 Å². The molecular formula is C20H30N4O6S. The van der Waals surface area contributed by atoms with E-state index in [0.717, 1.165) is 5.56 Å². The summed E-state index contributed by atoms with van der Waals surface area (Å²) in [6, 6.07) is 5.60. The molecule has 4 unspecified atom stereocenters. The molecule has 0 saturated heterocycles. The third-order valence-electron chi connectivity index (χ3n) is 4.41. The summed E-state index contributed by atoms with van der Waals surface area (Å²) in [6.07, 6.45) is 1.11. The zero-order valence-electron chi connectivity index (χ0n) is 17.5. The van der Waals surface area contributed by atoms with Gasteiger partial charge < -0.3 is 31.9 Å². The topological polar surface area (TPSA) is 171 Å².